The molecule has 3 heterocycles. The summed E-state index contributed by atoms with van der Waals surface area (Å²) in [5, 5.41) is 18.3. The van der Waals surface area contributed by atoms with Gasteiger partial charge in [-0.3, -0.25) is 9.78 Å². The number of nitrogens with zero attached hydrogens (tertiary/aromatic N) is 4. The van der Waals surface area contributed by atoms with Crippen LogP contribution < -0.4 is 5.32 Å². The highest BCUT2D eigenvalue weighted by atomic mass is 79.9. The second-order valence-corrected chi connectivity index (χ2v) is 9.03. The number of carboxylic acids is 1. The van der Waals surface area contributed by atoms with Crippen molar-refractivity contribution in [2.75, 3.05) is 19.5 Å². The zero-order valence-corrected chi connectivity index (χ0v) is 20.7. The van der Waals surface area contributed by atoms with Gasteiger partial charge in [0.2, 0.25) is 0 Å². The standard InChI is InChI=1S/C21H16BrN5O2S.C2H4O2/c1-23-21-25-15-6-5-13-17(12-3-2-8-24-10-12)26-27(18(13)19(15)30-21)16-7-4-11(20(28)29)9-14(16)22;1-4-2-3/h2-4,7-10H,5-6H2,1H3,(H,23,25)(H,28,29);2H,1H3. The zero-order chi connectivity index (χ0) is 24.2. The third-order valence-corrected chi connectivity index (χ3v) is 6.93. The number of nitrogens with one attached hydrogen (secondary N) is 1. The quantitative estimate of drug-likeness (QED) is 0.355. The number of carbonyl (C=O) groups is 2. The molecule has 0 aliphatic heterocycles. The lowest BCUT2D eigenvalue weighted by atomic mass is 9.95. The topological polar surface area (TPSA) is 119 Å². The summed E-state index contributed by atoms with van der Waals surface area (Å²) in [6, 6.07) is 8.88. The number of pyridine rings is 1. The summed E-state index contributed by atoms with van der Waals surface area (Å²) < 4.78 is 6.42. The summed E-state index contributed by atoms with van der Waals surface area (Å²) in [5.41, 5.74) is 6.03. The summed E-state index contributed by atoms with van der Waals surface area (Å²) >= 11 is 5.14. The van der Waals surface area contributed by atoms with Crippen LogP contribution in [0.4, 0.5) is 5.13 Å². The Morgan fingerprint density at radius 3 is 2.74 bits per heavy atom. The van der Waals surface area contributed by atoms with Crippen molar-refractivity contribution in [1.29, 1.82) is 0 Å². The lowest BCUT2D eigenvalue weighted by Crippen LogP contribution is -2.07. The second kappa shape index (κ2) is 10.1. The number of methoxy groups -OCH3 is 1. The number of carbonyl (C=O) groups excluding carboxylic acids is 1. The number of hydrogen-bond acceptors (Lipinski definition) is 8. The van der Waals surface area contributed by atoms with Crippen molar-refractivity contribution in [2.45, 2.75) is 12.8 Å². The molecule has 34 heavy (non-hydrogen) atoms. The minimum Gasteiger partial charge on any atom is -0.478 e. The molecule has 11 heteroatoms. The smallest absolute Gasteiger partial charge is 0.335 e. The molecule has 1 aromatic carbocycles. The normalized spacial score (nSPS) is 11.5. The lowest BCUT2D eigenvalue weighted by Gasteiger charge is -2.15. The number of thiazole rings is 1. The number of anilines is 1. The Balaban J connectivity index is 0.000000636. The molecule has 5 rings (SSSR count). The van der Waals surface area contributed by atoms with Crippen molar-refractivity contribution >= 4 is 44.8 Å². The minimum absolute atomic E-state index is 0.218. The van der Waals surface area contributed by atoms with E-state index < -0.39 is 5.97 Å². The molecule has 1 aliphatic carbocycles. The van der Waals surface area contributed by atoms with E-state index in [1.165, 1.54) is 7.11 Å². The SMILES string of the molecule is CNc1nc2c(s1)-c1c(c(-c3cccnc3)nn1-c1ccc(C(=O)O)cc1Br)CC2.COC=O. The molecule has 174 valence electrons. The van der Waals surface area contributed by atoms with Crippen LogP contribution in [-0.4, -0.2) is 51.5 Å². The van der Waals surface area contributed by atoms with Crippen molar-refractivity contribution in [3.63, 3.8) is 0 Å². The van der Waals surface area contributed by atoms with Gasteiger partial charge >= 0.3 is 5.97 Å². The molecule has 9 nitrogen and oxygen atoms in total. The van der Waals surface area contributed by atoms with Gasteiger partial charge in [0.15, 0.2) is 5.13 Å². The summed E-state index contributed by atoms with van der Waals surface area (Å²) in [7, 11) is 3.18. The van der Waals surface area contributed by atoms with E-state index in [9.17, 15) is 9.90 Å². The van der Waals surface area contributed by atoms with Gasteiger partial charge in [-0.05, 0) is 59.1 Å². The third-order valence-electron chi connectivity index (χ3n) is 5.18. The van der Waals surface area contributed by atoms with E-state index >= 15 is 0 Å². The summed E-state index contributed by atoms with van der Waals surface area (Å²) in [6.07, 6.45) is 5.23. The van der Waals surface area contributed by atoms with Gasteiger partial charge in [0.05, 0.1) is 40.3 Å². The maximum Gasteiger partial charge on any atom is 0.335 e. The first-order valence-electron chi connectivity index (χ1n) is 10.2. The number of fused-ring (bicyclic) bond motifs is 3. The Bertz CT molecular complexity index is 1350. The van der Waals surface area contributed by atoms with Gasteiger partial charge in [-0.1, -0.05) is 11.3 Å². The molecule has 0 saturated heterocycles. The molecule has 0 unspecified atom stereocenters. The molecule has 2 N–H and O–H groups in total. The minimum atomic E-state index is -0.968. The number of benzene rings is 1. The maximum absolute atomic E-state index is 11.4. The van der Waals surface area contributed by atoms with E-state index in [1.807, 2.05) is 30.1 Å². The first-order valence-corrected chi connectivity index (χ1v) is 11.8. The van der Waals surface area contributed by atoms with Gasteiger partial charge in [0, 0.05) is 35.0 Å². The average molecular weight is 542 g/mol. The van der Waals surface area contributed by atoms with Crippen LogP contribution in [-0.2, 0) is 22.4 Å². The molecule has 0 bridgehead atoms. The third kappa shape index (κ3) is 4.44. The monoisotopic (exact) mass is 541 g/mol. The van der Waals surface area contributed by atoms with Gasteiger partial charge in [-0.2, -0.15) is 5.10 Å². The number of rotatable bonds is 5. The molecular weight excluding hydrogens is 522 g/mol. The van der Waals surface area contributed by atoms with E-state index in [4.69, 9.17) is 14.9 Å². The molecule has 0 amide bonds. The molecule has 4 aromatic rings. The van der Waals surface area contributed by atoms with Gasteiger partial charge in [0.1, 0.15) is 0 Å². The highest BCUT2D eigenvalue weighted by Crippen LogP contribution is 2.44. The maximum atomic E-state index is 11.4. The molecule has 0 fully saturated rings. The predicted molar refractivity (Wildman–Crippen MR) is 133 cm³/mol. The number of aromatic carboxylic acids is 1. The van der Waals surface area contributed by atoms with Crippen LogP contribution in [0.25, 0.3) is 27.5 Å². The van der Waals surface area contributed by atoms with Crippen LogP contribution >= 0.6 is 27.3 Å². The van der Waals surface area contributed by atoms with E-state index in [1.54, 1.807) is 35.7 Å². The fourth-order valence-corrected chi connectivity index (χ4v) is 5.27. The number of ether oxygens (including phenoxy) is 1. The number of halogens is 1. The highest BCUT2D eigenvalue weighted by Gasteiger charge is 2.30. The average Bonchev–Trinajstić information content (AvgIpc) is 3.46. The summed E-state index contributed by atoms with van der Waals surface area (Å²) in [4.78, 5) is 30.4. The number of carboxylic acid groups (broad SMARTS) is 1. The highest BCUT2D eigenvalue weighted by molar-refractivity contribution is 9.10. The first-order chi connectivity index (χ1) is 16.5. The second-order valence-electron chi connectivity index (χ2n) is 7.18. The Morgan fingerprint density at radius 1 is 1.32 bits per heavy atom. The van der Waals surface area contributed by atoms with Crippen LogP contribution in [0.3, 0.4) is 0 Å². The Morgan fingerprint density at radius 2 is 2.12 bits per heavy atom. The van der Waals surface area contributed by atoms with Gasteiger partial charge in [-0.15, -0.1) is 0 Å². The van der Waals surface area contributed by atoms with Crippen molar-refractivity contribution in [3.05, 3.63) is 64.0 Å². The van der Waals surface area contributed by atoms with Crippen LogP contribution in [0.1, 0.15) is 21.6 Å². The zero-order valence-electron chi connectivity index (χ0n) is 18.3. The van der Waals surface area contributed by atoms with Crippen LogP contribution in [0.2, 0.25) is 0 Å². The van der Waals surface area contributed by atoms with E-state index in [2.05, 4.69) is 31.0 Å². The number of hydrogen-bond donors (Lipinski definition) is 2. The number of aromatic nitrogens is 4. The first kappa shape index (κ1) is 23.6. The van der Waals surface area contributed by atoms with Crippen LogP contribution in [0.15, 0.2) is 47.2 Å². The molecule has 0 saturated carbocycles. The fourth-order valence-electron chi connectivity index (χ4n) is 3.70. The Hall–Kier alpha value is -3.57. The largest absolute Gasteiger partial charge is 0.478 e. The molecular formula is C23H20BrN5O4S. The fraction of sp³-hybridized carbons (Fsp3) is 0.174. The summed E-state index contributed by atoms with van der Waals surface area (Å²) in [5.74, 6) is -0.968. The molecule has 0 radical (unpaired) electrons. The molecule has 3 aromatic heterocycles. The molecule has 1 aliphatic rings. The molecule has 0 spiro atoms. The van der Waals surface area contributed by atoms with E-state index in [-0.39, 0.29) is 5.56 Å². The lowest BCUT2D eigenvalue weighted by molar-refractivity contribution is -0.126. The van der Waals surface area contributed by atoms with Gasteiger partial charge in [-0.25, -0.2) is 14.5 Å². The molecule has 0 atom stereocenters. The van der Waals surface area contributed by atoms with Crippen molar-refractivity contribution in [3.8, 4) is 27.5 Å². The van der Waals surface area contributed by atoms with Gasteiger partial charge < -0.3 is 15.2 Å². The van der Waals surface area contributed by atoms with Crippen molar-refractivity contribution in [1.82, 2.24) is 19.7 Å². The predicted octanol–water partition coefficient (Wildman–Crippen LogP) is 4.45. The van der Waals surface area contributed by atoms with E-state index in [0.717, 1.165) is 56.7 Å². The Kier molecular flexibility index (Phi) is 7.03. The number of aryl methyl sites for hydroxylation is 1. The van der Waals surface area contributed by atoms with Crippen molar-refractivity contribution in [2.24, 2.45) is 0 Å². The van der Waals surface area contributed by atoms with Crippen LogP contribution in [0, 0.1) is 0 Å². The van der Waals surface area contributed by atoms with Crippen molar-refractivity contribution < 1.29 is 19.4 Å². The van der Waals surface area contributed by atoms with E-state index in [0.29, 0.717) is 10.9 Å². The summed E-state index contributed by atoms with van der Waals surface area (Å²) in [6.45, 7) is 0.375. The Labute approximate surface area is 207 Å². The van der Waals surface area contributed by atoms with Gasteiger partial charge in [0.25, 0.3) is 6.47 Å². The van der Waals surface area contributed by atoms with Crippen LogP contribution in [0.5, 0.6) is 0 Å².